The maximum Gasteiger partial charge on any atom is 0.288 e. The molecule has 0 spiro atoms. The molecule has 0 fully saturated rings. The standard InChI is InChI=1S/C16H15ClN2O2/c17-15-6-5-11(7-16(15)19(20)21)9-18-10-13-8-12-3-1-2-4-14(12)13/h1-7,13,18H,8-10H2. The molecule has 0 saturated heterocycles. The lowest BCUT2D eigenvalue weighted by molar-refractivity contribution is -0.384. The summed E-state index contributed by atoms with van der Waals surface area (Å²) in [5.74, 6) is 0.545. The fourth-order valence-corrected chi connectivity index (χ4v) is 2.93. The smallest absolute Gasteiger partial charge is 0.288 e. The molecule has 2 aromatic carbocycles. The van der Waals surface area contributed by atoms with Gasteiger partial charge in [0, 0.05) is 25.1 Å². The normalized spacial score (nSPS) is 16.1. The second kappa shape index (κ2) is 5.84. The molecule has 0 bridgehead atoms. The van der Waals surface area contributed by atoms with Crippen molar-refractivity contribution in [3.8, 4) is 0 Å². The molecule has 0 amide bonds. The molecule has 2 aromatic rings. The van der Waals surface area contributed by atoms with Gasteiger partial charge < -0.3 is 5.32 Å². The van der Waals surface area contributed by atoms with Crippen LogP contribution in [0, 0.1) is 10.1 Å². The number of nitro benzene ring substituents is 1. The van der Waals surface area contributed by atoms with Crippen molar-refractivity contribution in [2.24, 2.45) is 0 Å². The van der Waals surface area contributed by atoms with E-state index in [-0.39, 0.29) is 10.7 Å². The van der Waals surface area contributed by atoms with E-state index in [1.807, 2.05) is 6.07 Å². The van der Waals surface area contributed by atoms with E-state index in [0.29, 0.717) is 12.5 Å². The molecule has 0 aliphatic heterocycles. The molecule has 21 heavy (non-hydrogen) atoms. The lowest BCUT2D eigenvalue weighted by Gasteiger charge is -2.30. The zero-order valence-corrected chi connectivity index (χ0v) is 12.1. The highest BCUT2D eigenvalue weighted by atomic mass is 35.5. The number of nitro groups is 1. The average Bonchev–Trinajstić information content (AvgIpc) is 2.45. The van der Waals surface area contributed by atoms with E-state index in [9.17, 15) is 10.1 Å². The highest BCUT2D eigenvalue weighted by Crippen LogP contribution is 2.34. The third kappa shape index (κ3) is 2.91. The van der Waals surface area contributed by atoms with Crippen molar-refractivity contribution < 1.29 is 4.92 Å². The Morgan fingerprint density at radius 1 is 1.29 bits per heavy atom. The van der Waals surface area contributed by atoms with Gasteiger partial charge in [-0.25, -0.2) is 0 Å². The van der Waals surface area contributed by atoms with Gasteiger partial charge in [0.25, 0.3) is 5.69 Å². The first kappa shape index (κ1) is 14.0. The first-order chi connectivity index (χ1) is 10.1. The van der Waals surface area contributed by atoms with Gasteiger partial charge in [0.2, 0.25) is 0 Å². The molecule has 108 valence electrons. The molecule has 0 radical (unpaired) electrons. The van der Waals surface area contributed by atoms with Crippen molar-refractivity contribution >= 4 is 17.3 Å². The topological polar surface area (TPSA) is 55.2 Å². The number of benzene rings is 2. The molecular weight excluding hydrogens is 288 g/mol. The van der Waals surface area contributed by atoms with Gasteiger partial charge in [-0.15, -0.1) is 0 Å². The van der Waals surface area contributed by atoms with E-state index >= 15 is 0 Å². The number of fused-ring (bicyclic) bond motifs is 1. The molecule has 1 unspecified atom stereocenters. The summed E-state index contributed by atoms with van der Waals surface area (Å²) in [4.78, 5) is 10.4. The summed E-state index contributed by atoms with van der Waals surface area (Å²) in [7, 11) is 0. The highest BCUT2D eigenvalue weighted by Gasteiger charge is 2.24. The quantitative estimate of drug-likeness (QED) is 0.677. The van der Waals surface area contributed by atoms with E-state index in [4.69, 9.17) is 11.6 Å². The Kier molecular flexibility index (Phi) is 3.90. The predicted octanol–water partition coefficient (Wildman–Crippen LogP) is 3.68. The van der Waals surface area contributed by atoms with Crippen molar-refractivity contribution in [3.63, 3.8) is 0 Å². The molecule has 0 aromatic heterocycles. The fraction of sp³-hybridized carbons (Fsp3) is 0.250. The van der Waals surface area contributed by atoms with Gasteiger partial charge in [-0.3, -0.25) is 10.1 Å². The Morgan fingerprint density at radius 2 is 2.10 bits per heavy atom. The summed E-state index contributed by atoms with van der Waals surface area (Å²) in [5.41, 5.74) is 3.67. The molecule has 1 aliphatic carbocycles. The molecule has 1 atom stereocenters. The van der Waals surface area contributed by atoms with Gasteiger partial charge in [-0.05, 0) is 29.2 Å². The molecule has 0 heterocycles. The number of nitrogens with zero attached hydrogens (tertiary/aromatic N) is 1. The molecule has 0 saturated carbocycles. The van der Waals surface area contributed by atoms with Crippen LogP contribution in [-0.2, 0) is 13.0 Å². The van der Waals surface area contributed by atoms with Crippen LogP contribution in [0.25, 0.3) is 0 Å². The highest BCUT2D eigenvalue weighted by molar-refractivity contribution is 6.32. The Hall–Kier alpha value is -1.91. The Morgan fingerprint density at radius 3 is 2.86 bits per heavy atom. The second-order valence-corrected chi connectivity index (χ2v) is 5.68. The summed E-state index contributed by atoms with van der Waals surface area (Å²) >= 11 is 5.80. The number of hydrogen-bond acceptors (Lipinski definition) is 3. The van der Waals surface area contributed by atoms with Crippen LogP contribution in [0.3, 0.4) is 0 Å². The molecule has 1 aliphatic rings. The maximum atomic E-state index is 10.8. The van der Waals surface area contributed by atoms with Crippen molar-refractivity contribution in [2.75, 3.05) is 6.54 Å². The molecule has 3 rings (SSSR count). The minimum atomic E-state index is -0.450. The van der Waals surface area contributed by atoms with E-state index in [1.165, 1.54) is 17.2 Å². The summed E-state index contributed by atoms with van der Waals surface area (Å²) in [5, 5.41) is 14.4. The van der Waals surface area contributed by atoms with Crippen molar-refractivity contribution in [3.05, 3.63) is 74.3 Å². The summed E-state index contributed by atoms with van der Waals surface area (Å²) in [6.07, 6.45) is 1.10. The Labute approximate surface area is 127 Å². The van der Waals surface area contributed by atoms with Crippen LogP contribution in [0.5, 0.6) is 0 Å². The van der Waals surface area contributed by atoms with Gasteiger partial charge in [0.15, 0.2) is 0 Å². The number of halogens is 1. The summed E-state index contributed by atoms with van der Waals surface area (Å²) in [6.45, 7) is 1.49. The lowest BCUT2D eigenvalue weighted by atomic mass is 9.77. The van der Waals surface area contributed by atoms with Crippen LogP contribution < -0.4 is 5.32 Å². The maximum absolute atomic E-state index is 10.8. The molecule has 5 heteroatoms. The summed E-state index contributed by atoms with van der Waals surface area (Å²) < 4.78 is 0. The Bertz CT molecular complexity index is 688. The van der Waals surface area contributed by atoms with Crippen LogP contribution in [0.4, 0.5) is 5.69 Å². The zero-order valence-electron chi connectivity index (χ0n) is 11.4. The predicted molar refractivity (Wildman–Crippen MR) is 82.7 cm³/mol. The van der Waals surface area contributed by atoms with Gasteiger partial charge in [-0.1, -0.05) is 41.9 Å². The fourth-order valence-electron chi connectivity index (χ4n) is 2.74. The minimum Gasteiger partial charge on any atom is -0.312 e. The van der Waals surface area contributed by atoms with Gasteiger partial charge in [-0.2, -0.15) is 0 Å². The SMILES string of the molecule is O=[N+]([O-])c1cc(CNCC2Cc3ccccc32)ccc1Cl. The largest absolute Gasteiger partial charge is 0.312 e. The molecular formula is C16H15ClN2O2. The Balaban J connectivity index is 1.57. The van der Waals surface area contributed by atoms with Crippen molar-refractivity contribution in [1.29, 1.82) is 0 Å². The zero-order chi connectivity index (χ0) is 14.8. The second-order valence-electron chi connectivity index (χ2n) is 5.27. The monoisotopic (exact) mass is 302 g/mol. The third-order valence-corrected chi connectivity index (χ3v) is 4.21. The number of nitrogens with one attached hydrogen (secondary N) is 1. The van der Waals surface area contributed by atoms with E-state index in [0.717, 1.165) is 18.5 Å². The van der Waals surface area contributed by atoms with Gasteiger partial charge >= 0.3 is 0 Å². The molecule has 1 N–H and O–H groups in total. The first-order valence-corrected chi connectivity index (χ1v) is 7.24. The van der Waals surface area contributed by atoms with Crippen LogP contribution in [-0.4, -0.2) is 11.5 Å². The lowest BCUT2D eigenvalue weighted by Crippen LogP contribution is -2.28. The van der Waals surface area contributed by atoms with Crippen LogP contribution in [0.2, 0.25) is 5.02 Å². The van der Waals surface area contributed by atoms with E-state index in [1.54, 1.807) is 6.07 Å². The third-order valence-electron chi connectivity index (χ3n) is 3.89. The van der Waals surface area contributed by atoms with Crippen molar-refractivity contribution in [1.82, 2.24) is 5.32 Å². The number of rotatable bonds is 5. The summed E-state index contributed by atoms with van der Waals surface area (Å²) in [6, 6.07) is 13.4. The van der Waals surface area contributed by atoms with Crippen molar-refractivity contribution in [2.45, 2.75) is 18.9 Å². The first-order valence-electron chi connectivity index (χ1n) is 6.86. The van der Waals surface area contributed by atoms with E-state index in [2.05, 4.69) is 29.6 Å². The average molecular weight is 303 g/mol. The van der Waals surface area contributed by atoms with E-state index < -0.39 is 4.92 Å². The van der Waals surface area contributed by atoms with Crippen LogP contribution in [0.1, 0.15) is 22.6 Å². The van der Waals surface area contributed by atoms with Gasteiger partial charge in [0.1, 0.15) is 5.02 Å². The number of hydrogen-bond donors (Lipinski definition) is 1. The van der Waals surface area contributed by atoms with Crippen LogP contribution in [0.15, 0.2) is 42.5 Å². The molecule has 4 nitrogen and oxygen atoms in total. The van der Waals surface area contributed by atoms with Gasteiger partial charge in [0.05, 0.1) is 4.92 Å². The minimum absolute atomic E-state index is 0.0371. The van der Waals surface area contributed by atoms with Crippen LogP contribution >= 0.6 is 11.6 Å².